The standard InChI is InChI=1S/C12H23N3S/c1-9(13-4)12-10(2)14-15(11(12)3)7-6-8-16-5/h9,13H,6-8H2,1-5H3. The lowest BCUT2D eigenvalue weighted by Gasteiger charge is -2.11. The fourth-order valence-electron chi connectivity index (χ4n) is 2.06. The summed E-state index contributed by atoms with van der Waals surface area (Å²) in [5, 5.41) is 7.90. The van der Waals surface area contributed by atoms with E-state index in [0.717, 1.165) is 12.2 Å². The van der Waals surface area contributed by atoms with Gasteiger partial charge in [-0.1, -0.05) is 0 Å². The molecule has 1 aromatic heterocycles. The second-order valence-electron chi connectivity index (χ2n) is 4.16. The molecule has 0 saturated heterocycles. The highest BCUT2D eigenvalue weighted by molar-refractivity contribution is 7.98. The molecule has 0 bridgehead atoms. The smallest absolute Gasteiger partial charge is 0.0644 e. The van der Waals surface area contributed by atoms with Gasteiger partial charge in [-0.25, -0.2) is 0 Å². The maximum Gasteiger partial charge on any atom is 0.0644 e. The van der Waals surface area contributed by atoms with E-state index in [2.05, 4.69) is 42.1 Å². The van der Waals surface area contributed by atoms with Crippen LogP contribution in [-0.2, 0) is 6.54 Å². The zero-order valence-electron chi connectivity index (χ0n) is 11.0. The quantitative estimate of drug-likeness (QED) is 0.776. The van der Waals surface area contributed by atoms with E-state index in [4.69, 9.17) is 0 Å². The van der Waals surface area contributed by atoms with Crippen molar-refractivity contribution in [1.82, 2.24) is 15.1 Å². The first kappa shape index (κ1) is 13.6. The Balaban J connectivity index is 2.80. The van der Waals surface area contributed by atoms with Crippen LogP contribution in [0, 0.1) is 13.8 Å². The van der Waals surface area contributed by atoms with Crippen molar-refractivity contribution in [3.63, 3.8) is 0 Å². The number of hydrogen-bond donors (Lipinski definition) is 1. The van der Waals surface area contributed by atoms with Crippen molar-refractivity contribution in [3.8, 4) is 0 Å². The van der Waals surface area contributed by atoms with Crippen molar-refractivity contribution in [3.05, 3.63) is 17.0 Å². The highest BCUT2D eigenvalue weighted by atomic mass is 32.2. The number of thioether (sulfide) groups is 1. The number of hydrogen-bond acceptors (Lipinski definition) is 3. The van der Waals surface area contributed by atoms with E-state index < -0.39 is 0 Å². The summed E-state index contributed by atoms with van der Waals surface area (Å²) in [7, 11) is 1.99. The lowest BCUT2D eigenvalue weighted by Crippen LogP contribution is -2.14. The van der Waals surface area contributed by atoms with Crippen LogP contribution in [0.2, 0.25) is 0 Å². The average Bonchev–Trinajstić information content (AvgIpc) is 2.54. The number of nitrogens with zero attached hydrogens (tertiary/aromatic N) is 2. The van der Waals surface area contributed by atoms with Crippen LogP contribution in [0.3, 0.4) is 0 Å². The zero-order chi connectivity index (χ0) is 12.1. The summed E-state index contributed by atoms with van der Waals surface area (Å²) in [4.78, 5) is 0. The fourth-order valence-corrected chi connectivity index (χ4v) is 2.48. The molecule has 1 rings (SSSR count). The molecular weight excluding hydrogens is 218 g/mol. The molecule has 0 aromatic carbocycles. The Kier molecular flexibility index (Phi) is 5.35. The SMILES string of the molecule is CNC(C)c1c(C)nn(CCCSC)c1C. The van der Waals surface area contributed by atoms with Crippen LogP contribution in [0.4, 0.5) is 0 Å². The Bertz CT molecular complexity index is 333. The Hall–Kier alpha value is -0.480. The van der Waals surface area contributed by atoms with E-state index in [-0.39, 0.29) is 0 Å². The molecule has 0 fully saturated rings. The zero-order valence-corrected chi connectivity index (χ0v) is 11.8. The van der Waals surface area contributed by atoms with Crippen LogP contribution >= 0.6 is 11.8 Å². The van der Waals surface area contributed by atoms with Gasteiger partial charge in [0.15, 0.2) is 0 Å². The van der Waals surface area contributed by atoms with Gasteiger partial charge in [-0.3, -0.25) is 4.68 Å². The Labute approximate surface area is 103 Å². The van der Waals surface area contributed by atoms with Gasteiger partial charge in [-0.2, -0.15) is 16.9 Å². The van der Waals surface area contributed by atoms with E-state index in [1.54, 1.807) is 0 Å². The lowest BCUT2D eigenvalue weighted by molar-refractivity contribution is 0.582. The molecule has 0 aliphatic heterocycles. The number of aromatic nitrogens is 2. The molecule has 0 spiro atoms. The maximum absolute atomic E-state index is 4.62. The van der Waals surface area contributed by atoms with E-state index in [1.165, 1.54) is 23.4 Å². The normalized spacial score (nSPS) is 13.1. The van der Waals surface area contributed by atoms with Gasteiger partial charge in [0, 0.05) is 23.8 Å². The Morgan fingerprint density at radius 3 is 2.69 bits per heavy atom. The van der Waals surface area contributed by atoms with Crippen molar-refractivity contribution < 1.29 is 0 Å². The van der Waals surface area contributed by atoms with Gasteiger partial charge in [-0.05, 0) is 46.2 Å². The van der Waals surface area contributed by atoms with Crippen LogP contribution in [0.1, 0.15) is 36.3 Å². The molecule has 1 N–H and O–H groups in total. The first-order valence-corrected chi connectivity index (χ1v) is 7.21. The first-order valence-electron chi connectivity index (χ1n) is 5.82. The van der Waals surface area contributed by atoms with Gasteiger partial charge < -0.3 is 5.32 Å². The van der Waals surface area contributed by atoms with E-state index in [0.29, 0.717) is 6.04 Å². The maximum atomic E-state index is 4.62. The predicted molar refractivity (Wildman–Crippen MR) is 72.2 cm³/mol. The highest BCUT2D eigenvalue weighted by Gasteiger charge is 2.15. The summed E-state index contributed by atoms with van der Waals surface area (Å²) in [5.74, 6) is 1.20. The van der Waals surface area contributed by atoms with Crippen LogP contribution < -0.4 is 5.32 Å². The highest BCUT2D eigenvalue weighted by Crippen LogP contribution is 2.21. The van der Waals surface area contributed by atoms with Crippen LogP contribution in [0.25, 0.3) is 0 Å². The molecule has 1 atom stereocenters. The van der Waals surface area contributed by atoms with Gasteiger partial charge in [0.2, 0.25) is 0 Å². The minimum atomic E-state index is 0.384. The third-order valence-corrected chi connectivity index (χ3v) is 3.72. The van der Waals surface area contributed by atoms with E-state index in [1.807, 2.05) is 18.8 Å². The molecule has 1 heterocycles. The summed E-state index contributed by atoms with van der Waals surface area (Å²) in [6, 6.07) is 0.384. The molecule has 16 heavy (non-hydrogen) atoms. The number of aryl methyl sites for hydroxylation is 2. The molecule has 1 aromatic rings. The first-order chi connectivity index (χ1) is 7.61. The molecular formula is C12H23N3S. The summed E-state index contributed by atoms with van der Waals surface area (Å²) < 4.78 is 2.15. The predicted octanol–water partition coefficient (Wildman–Crippen LogP) is 2.53. The summed E-state index contributed by atoms with van der Waals surface area (Å²) in [5.41, 5.74) is 3.82. The lowest BCUT2D eigenvalue weighted by atomic mass is 10.1. The van der Waals surface area contributed by atoms with E-state index >= 15 is 0 Å². The average molecular weight is 241 g/mol. The molecule has 1 unspecified atom stereocenters. The molecule has 0 amide bonds. The molecule has 0 aliphatic carbocycles. The van der Waals surface area contributed by atoms with Crippen LogP contribution in [0.5, 0.6) is 0 Å². The number of rotatable bonds is 6. The molecule has 3 nitrogen and oxygen atoms in total. The Morgan fingerprint density at radius 2 is 2.12 bits per heavy atom. The summed E-state index contributed by atoms with van der Waals surface area (Å²) >= 11 is 1.90. The van der Waals surface area contributed by atoms with Crippen molar-refractivity contribution in [2.24, 2.45) is 0 Å². The summed E-state index contributed by atoms with van der Waals surface area (Å²) in [6.07, 6.45) is 3.34. The molecule has 0 radical (unpaired) electrons. The van der Waals surface area contributed by atoms with Gasteiger partial charge in [0.1, 0.15) is 0 Å². The van der Waals surface area contributed by atoms with Crippen molar-refractivity contribution in [1.29, 1.82) is 0 Å². The van der Waals surface area contributed by atoms with Crippen molar-refractivity contribution in [2.75, 3.05) is 19.1 Å². The van der Waals surface area contributed by atoms with Gasteiger partial charge in [0.05, 0.1) is 5.69 Å². The van der Waals surface area contributed by atoms with Crippen LogP contribution in [0.15, 0.2) is 0 Å². The monoisotopic (exact) mass is 241 g/mol. The third kappa shape index (κ3) is 3.01. The minimum absolute atomic E-state index is 0.384. The van der Waals surface area contributed by atoms with Gasteiger partial charge in [0.25, 0.3) is 0 Å². The Morgan fingerprint density at radius 1 is 1.44 bits per heavy atom. The second-order valence-corrected chi connectivity index (χ2v) is 5.15. The topological polar surface area (TPSA) is 29.9 Å². The van der Waals surface area contributed by atoms with Gasteiger partial charge >= 0.3 is 0 Å². The molecule has 92 valence electrons. The van der Waals surface area contributed by atoms with Crippen molar-refractivity contribution in [2.45, 2.75) is 39.8 Å². The molecule has 0 saturated carbocycles. The van der Waals surface area contributed by atoms with Crippen molar-refractivity contribution >= 4 is 11.8 Å². The van der Waals surface area contributed by atoms with E-state index in [9.17, 15) is 0 Å². The van der Waals surface area contributed by atoms with Gasteiger partial charge in [-0.15, -0.1) is 0 Å². The minimum Gasteiger partial charge on any atom is -0.313 e. The molecule has 0 aliphatic rings. The summed E-state index contributed by atoms with van der Waals surface area (Å²) in [6.45, 7) is 7.48. The largest absolute Gasteiger partial charge is 0.313 e. The number of nitrogens with one attached hydrogen (secondary N) is 1. The third-order valence-electron chi connectivity index (χ3n) is 3.02. The second kappa shape index (κ2) is 6.30. The van der Waals surface area contributed by atoms with Crippen LogP contribution in [-0.4, -0.2) is 28.8 Å². The molecule has 4 heteroatoms. The fraction of sp³-hybridized carbons (Fsp3) is 0.750.